The lowest BCUT2D eigenvalue weighted by Gasteiger charge is -2.16. The molecule has 124 valence electrons. The molecule has 0 fully saturated rings. The number of amides is 1. The van der Waals surface area contributed by atoms with Crippen LogP contribution < -0.4 is 5.32 Å². The molecule has 0 saturated heterocycles. The summed E-state index contributed by atoms with van der Waals surface area (Å²) in [5.74, 6) is -0.461. The standard InChI is InChI=1S/C14H18N4O4S/c1-3-4-9-18(2)23(20,21)12-7-5-11(6-8-12)13(19)16-14-17-15-10-22-14/h5-8,10H,3-4,9H2,1-2H3,(H,16,17,19). The van der Waals surface area contributed by atoms with Crippen LogP contribution in [0.3, 0.4) is 0 Å². The molecule has 1 heterocycles. The minimum Gasteiger partial charge on any atom is -0.411 e. The molecule has 0 bridgehead atoms. The third kappa shape index (κ3) is 4.14. The fraction of sp³-hybridized carbons (Fsp3) is 0.357. The first-order valence-corrected chi connectivity index (χ1v) is 8.53. The van der Waals surface area contributed by atoms with Gasteiger partial charge >= 0.3 is 6.01 Å². The van der Waals surface area contributed by atoms with E-state index in [1.807, 2.05) is 6.92 Å². The van der Waals surface area contributed by atoms with Gasteiger partial charge < -0.3 is 4.42 Å². The number of carbonyl (C=O) groups excluding carboxylic acids is 1. The zero-order chi connectivity index (χ0) is 16.9. The summed E-state index contributed by atoms with van der Waals surface area (Å²) >= 11 is 0. The van der Waals surface area contributed by atoms with E-state index >= 15 is 0 Å². The van der Waals surface area contributed by atoms with Gasteiger partial charge in [-0.15, -0.1) is 5.10 Å². The van der Waals surface area contributed by atoms with Crippen LogP contribution in [0.25, 0.3) is 0 Å². The first kappa shape index (κ1) is 17.1. The molecule has 0 atom stereocenters. The smallest absolute Gasteiger partial charge is 0.322 e. The van der Waals surface area contributed by atoms with E-state index in [1.54, 1.807) is 7.05 Å². The van der Waals surface area contributed by atoms with Gasteiger partial charge in [-0.3, -0.25) is 10.1 Å². The number of rotatable bonds is 7. The van der Waals surface area contributed by atoms with Crippen LogP contribution in [-0.2, 0) is 10.0 Å². The number of aromatic nitrogens is 2. The van der Waals surface area contributed by atoms with Crippen molar-refractivity contribution in [3.63, 3.8) is 0 Å². The molecular formula is C14H18N4O4S. The molecule has 0 aliphatic rings. The lowest BCUT2D eigenvalue weighted by molar-refractivity contribution is 0.102. The van der Waals surface area contributed by atoms with Gasteiger partial charge in [0.15, 0.2) is 0 Å². The highest BCUT2D eigenvalue weighted by molar-refractivity contribution is 7.89. The molecule has 0 unspecified atom stereocenters. The molecule has 1 aromatic heterocycles. The largest absolute Gasteiger partial charge is 0.411 e. The molecule has 23 heavy (non-hydrogen) atoms. The highest BCUT2D eigenvalue weighted by atomic mass is 32.2. The van der Waals surface area contributed by atoms with Crippen LogP contribution >= 0.6 is 0 Å². The van der Waals surface area contributed by atoms with Gasteiger partial charge in [0.05, 0.1) is 4.90 Å². The van der Waals surface area contributed by atoms with Crippen LogP contribution in [0.15, 0.2) is 40.0 Å². The molecule has 0 saturated carbocycles. The van der Waals surface area contributed by atoms with Crippen LogP contribution in [0.5, 0.6) is 0 Å². The van der Waals surface area contributed by atoms with E-state index in [-0.39, 0.29) is 10.9 Å². The molecule has 0 spiro atoms. The van der Waals surface area contributed by atoms with Crippen LogP contribution in [0.4, 0.5) is 6.01 Å². The summed E-state index contributed by atoms with van der Waals surface area (Å²) in [6.07, 6.45) is 2.80. The van der Waals surface area contributed by atoms with E-state index in [9.17, 15) is 13.2 Å². The Morgan fingerprint density at radius 1 is 1.30 bits per heavy atom. The molecular weight excluding hydrogens is 320 g/mol. The van der Waals surface area contributed by atoms with Gasteiger partial charge in [0.25, 0.3) is 5.91 Å². The molecule has 9 heteroatoms. The number of carbonyl (C=O) groups is 1. The first-order valence-electron chi connectivity index (χ1n) is 7.09. The number of unbranched alkanes of at least 4 members (excludes halogenated alkanes) is 1. The van der Waals surface area contributed by atoms with Gasteiger partial charge in [-0.1, -0.05) is 18.4 Å². The maximum Gasteiger partial charge on any atom is 0.322 e. The van der Waals surface area contributed by atoms with Crippen molar-refractivity contribution in [3.05, 3.63) is 36.2 Å². The Bertz CT molecular complexity index is 742. The Hall–Kier alpha value is -2.26. The van der Waals surface area contributed by atoms with Gasteiger partial charge in [0, 0.05) is 19.2 Å². The van der Waals surface area contributed by atoms with E-state index in [0.717, 1.165) is 19.2 Å². The number of hydrogen-bond donors (Lipinski definition) is 1. The molecule has 1 N–H and O–H groups in total. The van der Waals surface area contributed by atoms with Gasteiger partial charge in [-0.2, -0.15) is 0 Å². The summed E-state index contributed by atoms with van der Waals surface area (Å²) < 4.78 is 30.9. The number of hydrogen-bond acceptors (Lipinski definition) is 6. The fourth-order valence-electron chi connectivity index (χ4n) is 1.86. The predicted molar refractivity (Wildman–Crippen MR) is 83.4 cm³/mol. The number of anilines is 1. The zero-order valence-electron chi connectivity index (χ0n) is 12.9. The van der Waals surface area contributed by atoms with Gasteiger partial charge in [0.2, 0.25) is 16.4 Å². The first-order chi connectivity index (χ1) is 10.9. The van der Waals surface area contributed by atoms with Gasteiger partial charge in [-0.05, 0) is 30.7 Å². The summed E-state index contributed by atoms with van der Waals surface area (Å²) in [5.41, 5.74) is 0.290. The summed E-state index contributed by atoms with van der Waals surface area (Å²) in [7, 11) is -2.00. The van der Waals surface area contributed by atoms with Crippen molar-refractivity contribution in [1.29, 1.82) is 0 Å². The number of benzene rings is 1. The predicted octanol–water partition coefficient (Wildman–Crippen LogP) is 1.74. The van der Waals surface area contributed by atoms with E-state index in [0.29, 0.717) is 12.1 Å². The van der Waals surface area contributed by atoms with Crippen LogP contribution in [0.2, 0.25) is 0 Å². The van der Waals surface area contributed by atoms with Crippen LogP contribution in [0.1, 0.15) is 30.1 Å². The second kappa shape index (κ2) is 7.34. The second-order valence-electron chi connectivity index (χ2n) is 4.90. The molecule has 2 rings (SSSR count). The lowest BCUT2D eigenvalue weighted by Crippen LogP contribution is -2.28. The Morgan fingerprint density at radius 3 is 2.57 bits per heavy atom. The van der Waals surface area contributed by atoms with Gasteiger partial charge in [0.1, 0.15) is 0 Å². The molecule has 0 aliphatic heterocycles. The summed E-state index contributed by atoms with van der Waals surface area (Å²) in [6.45, 7) is 2.45. The quantitative estimate of drug-likeness (QED) is 0.824. The van der Waals surface area contributed by atoms with Gasteiger partial charge in [-0.25, -0.2) is 12.7 Å². The molecule has 0 aliphatic carbocycles. The molecule has 8 nitrogen and oxygen atoms in total. The molecule has 0 radical (unpaired) electrons. The molecule has 1 amide bonds. The topological polar surface area (TPSA) is 105 Å². The Balaban J connectivity index is 2.11. The van der Waals surface area contributed by atoms with E-state index < -0.39 is 15.9 Å². The maximum atomic E-state index is 12.4. The average molecular weight is 338 g/mol. The minimum atomic E-state index is -3.54. The average Bonchev–Trinajstić information content (AvgIpc) is 3.05. The van der Waals surface area contributed by atoms with Crippen molar-refractivity contribution in [1.82, 2.24) is 14.5 Å². The zero-order valence-corrected chi connectivity index (χ0v) is 13.7. The Kier molecular flexibility index (Phi) is 5.45. The monoisotopic (exact) mass is 338 g/mol. The van der Waals surface area contributed by atoms with Crippen LogP contribution in [0, 0.1) is 0 Å². The second-order valence-corrected chi connectivity index (χ2v) is 6.95. The maximum absolute atomic E-state index is 12.4. The van der Waals surface area contributed by atoms with Crippen molar-refractivity contribution in [2.45, 2.75) is 24.7 Å². The third-order valence-electron chi connectivity index (χ3n) is 3.23. The summed E-state index contributed by atoms with van der Waals surface area (Å²) in [5, 5.41) is 9.39. The normalized spacial score (nSPS) is 11.6. The Morgan fingerprint density at radius 2 is 2.00 bits per heavy atom. The molecule has 2 aromatic rings. The fourth-order valence-corrected chi connectivity index (χ4v) is 3.07. The number of nitrogens with one attached hydrogen (secondary N) is 1. The van der Waals surface area contributed by atoms with Crippen molar-refractivity contribution in [3.8, 4) is 0 Å². The molecule has 1 aromatic carbocycles. The highest BCUT2D eigenvalue weighted by Crippen LogP contribution is 2.16. The lowest BCUT2D eigenvalue weighted by atomic mass is 10.2. The van der Waals surface area contributed by atoms with E-state index in [4.69, 9.17) is 4.42 Å². The SMILES string of the molecule is CCCCN(C)S(=O)(=O)c1ccc(C(=O)Nc2nnco2)cc1. The van der Waals surface area contributed by atoms with Crippen molar-refractivity contribution in [2.24, 2.45) is 0 Å². The van der Waals surface area contributed by atoms with Crippen molar-refractivity contribution in [2.75, 3.05) is 18.9 Å². The summed E-state index contributed by atoms with van der Waals surface area (Å²) in [4.78, 5) is 12.1. The summed E-state index contributed by atoms with van der Waals surface area (Å²) in [6, 6.07) is 5.66. The minimum absolute atomic E-state index is 0.0222. The van der Waals surface area contributed by atoms with E-state index in [1.165, 1.54) is 28.6 Å². The van der Waals surface area contributed by atoms with Crippen molar-refractivity contribution >= 4 is 21.9 Å². The van der Waals surface area contributed by atoms with Crippen LogP contribution in [-0.4, -0.2) is 42.4 Å². The third-order valence-corrected chi connectivity index (χ3v) is 5.10. The number of nitrogens with zero attached hydrogens (tertiary/aromatic N) is 3. The highest BCUT2D eigenvalue weighted by Gasteiger charge is 2.20. The van der Waals surface area contributed by atoms with Crippen molar-refractivity contribution < 1.29 is 17.6 Å². The van der Waals surface area contributed by atoms with E-state index in [2.05, 4.69) is 15.5 Å². The Labute approximate surface area is 134 Å². The number of sulfonamides is 1.